The van der Waals surface area contributed by atoms with Gasteiger partial charge in [-0.2, -0.15) is 18.3 Å². The molecule has 1 amide bonds. The first-order valence-electron chi connectivity index (χ1n) is 9.85. The van der Waals surface area contributed by atoms with Crippen molar-refractivity contribution in [1.29, 1.82) is 0 Å². The highest BCUT2D eigenvalue weighted by atomic mass is 35.5. The molecule has 4 rings (SSSR count). The molecule has 2 N–H and O–H groups in total. The van der Waals surface area contributed by atoms with E-state index in [1.165, 1.54) is 0 Å². The first-order valence-corrected chi connectivity index (χ1v) is 10.2. The predicted molar refractivity (Wildman–Crippen MR) is 114 cm³/mol. The van der Waals surface area contributed by atoms with Crippen LogP contribution in [-0.2, 0) is 6.54 Å². The Kier molecular flexibility index (Phi) is 6.01. The summed E-state index contributed by atoms with van der Waals surface area (Å²) in [4.78, 5) is 12.7. The number of alkyl halides is 3. The number of ether oxygens (including phenoxy) is 1. The zero-order valence-corrected chi connectivity index (χ0v) is 17.7. The number of carbonyl (C=O) groups is 1. The van der Waals surface area contributed by atoms with Crippen LogP contribution in [0.3, 0.4) is 0 Å². The van der Waals surface area contributed by atoms with Gasteiger partial charge in [-0.15, -0.1) is 0 Å². The van der Waals surface area contributed by atoms with Crippen molar-refractivity contribution in [2.24, 2.45) is 0 Å². The van der Waals surface area contributed by atoms with E-state index >= 15 is 0 Å². The average molecular weight is 465 g/mol. The maximum atomic E-state index is 13.8. The number of amides is 1. The lowest BCUT2D eigenvalue weighted by atomic mass is 9.97. The van der Waals surface area contributed by atoms with Gasteiger partial charge in [0.2, 0.25) is 0 Å². The van der Waals surface area contributed by atoms with Crippen molar-refractivity contribution in [3.8, 4) is 5.75 Å². The Labute approximate surface area is 187 Å². The number of nitrogens with zero attached hydrogens (tertiary/aromatic N) is 2. The van der Waals surface area contributed by atoms with Gasteiger partial charge in [-0.25, -0.2) is 4.68 Å². The lowest BCUT2D eigenvalue weighted by molar-refractivity contribution is -0.173. The second-order valence-electron chi connectivity index (χ2n) is 7.39. The molecule has 0 saturated carbocycles. The molecule has 168 valence electrons. The van der Waals surface area contributed by atoms with Gasteiger partial charge in [0.05, 0.1) is 13.2 Å². The third-order valence-corrected chi connectivity index (χ3v) is 5.68. The molecule has 0 bridgehead atoms. The number of methoxy groups -OCH3 is 1. The molecule has 1 aromatic heterocycles. The number of hydrogen-bond acceptors (Lipinski definition) is 4. The first-order chi connectivity index (χ1) is 15.3. The van der Waals surface area contributed by atoms with Gasteiger partial charge in [0, 0.05) is 13.0 Å². The van der Waals surface area contributed by atoms with Crippen LogP contribution < -0.4 is 15.4 Å². The fourth-order valence-electron chi connectivity index (χ4n) is 3.65. The maximum absolute atomic E-state index is 13.8. The number of halogens is 4. The highest BCUT2D eigenvalue weighted by Gasteiger charge is 2.47. The van der Waals surface area contributed by atoms with E-state index in [0.717, 1.165) is 10.2 Å². The minimum Gasteiger partial charge on any atom is -0.497 e. The van der Waals surface area contributed by atoms with Crippen molar-refractivity contribution in [2.75, 3.05) is 12.4 Å². The Morgan fingerprint density at radius 2 is 1.91 bits per heavy atom. The Morgan fingerprint density at radius 1 is 1.22 bits per heavy atom. The Hall–Kier alpha value is -3.20. The normalized spacial score (nSPS) is 17.9. The molecule has 32 heavy (non-hydrogen) atoms. The van der Waals surface area contributed by atoms with Crippen LogP contribution in [0.1, 0.15) is 40.1 Å². The summed E-state index contributed by atoms with van der Waals surface area (Å²) >= 11 is 6.34. The van der Waals surface area contributed by atoms with E-state index in [-0.39, 0.29) is 29.5 Å². The minimum absolute atomic E-state index is 0.0244. The quantitative estimate of drug-likeness (QED) is 0.549. The molecule has 0 radical (unpaired) electrons. The van der Waals surface area contributed by atoms with Gasteiger partial charge in [0.25, 0.3) is 5.91 Å². The van der Waals surface area contributed by atoms with E-state index in [2.05, 4.69) is 15.7 Å². The summed E-state index contributed by atoms with van der Waals surface area (Å²) in [6.07, 6.45) is -4.83. The van der Waals surface area contributed by atoms with Gasteiger partial charge in [0.1, 0.15) is 16.6 Å². The van der Waals surface area contributed by atoms with Gasteiger partial charge in [0.15, 0.2) is 11.7 Å². The van der Waals surface area contributed by atoms with Gasteiger partial charge < -0.3 is 15.4 Å². The monoisotopic (exact) mass is 464 g/mol. The molecule has 0 aliphatic carbocycles. The number of fused-ring (bicyclic) bond motifs is 1. The number of anilines is 1. The predicted octanol–water partition coefficient (Wildman–Crippen LogP) is 5.14. The molecule has 0 unspecified atom stereocenters. The minimum atomic E-state index is -4.56. The molecule has 1 aliphatic rings. The standard InChI is InChI=1S/C22H20ClF3N4O2/c1-32-15-9-7-13(8-10-15)12-27-21(31)19-18(23)20-28-16(14-5-3-2-4-6-14)11-17(22(24,25)26)30(20)29-19/h2-10,16-17,28H,11-12H2,1H3,(H,27,31)/t16-,17+/m0/s1. The SMILES string of the molecule is COc1ccc(CNC(=O)c2nn3c(c2Cl)N[C@H](c2ccccc2)C[C@@H]3C(F)(F)F)cc1. The van der Waals surface area contributed by atoms with Crippen LogP contribution in [0.2, 0.25) is 5.02 Å². The van der Waals surface area contributed by atoms with Gasteiger partial charge in [-0.1, -0.05) is 54.1 Å². The highest BCUT2D eigenvalue weighted by Crippen LogP contribution is 2.46. The number of carbonyl (C=O) groups excluding carboxylic acids is 1. The van der Waals surface area contributed by atoms with Crippen molar-refractivity contribution in [3.05, 3.63) is 76.4 Å². The summed E-state index contributed by atoms with van der Waals surface area (Å²) in [5.41, 5.74) is 1.22. The van der Waals surface area contributed by atoms with Crippen molar-refractivity contribution < 1.29 is 22.7 Å². The van der Waals surface area contributed by atoms with Crippen LogP contribution in [0.25, 0.3) is 0 Å². The topological polar surface area (TPSA) is 68.2 Å². The van der Waals surface area contributed by atoms with Crippen molar-refractivity contribution >= 4 is 23.3 Å². The summed E-state index contributed by atoms with van der Waals surface area (Å²) in [5.74, 6) is -0.0162. The second-order valence-corrected chi connectivity index (χ2v) is 7.77. The largest absolute Gasteiger partial charge is 0.497 e. The van der Waals surface area contributed by atoms with E-state index < -0.39 is 24.2 Å². The van der Waals surface area contributed by atoms with E-state index in [1.807, 2.05) is 0 Å². The first kappa shape index (κ1) is 22.0. The summed E-state index contributed by atoms with van der Waals surface area (Å²) < 4.78 is 47.4. The van der Waals surface area contributed by atoms with Gasteiger partial charge in [-0.3, -0.25) is 4.79 Å². The molecule has 6 nitrogen and oxygen atoms in total. The Morgan fingerprint density at radius 3 is 2.53 bits per heavy atom. The summed E-state index contributed by atoms with van der Waals surface area (Å²) in [6.45, 7) is 0.157. The molecule has 0 saturated heterocycles. The van der Waals surface area contributed by atoms with E-state index in [4.69, 9.17) is 16.3 Å². The molecule has 3 aromatic rings. The molecule has 2 atom stereocenters. The van der Waals surface area contributed by atoms with Crippen molar-refractivity contribution in [2.45, 2.75) is 31.2 Å². The molecule has 1 aliphatic heterocycles. The molecule has 2 aromatic carbocycles. The zero-order chi connectivity index (χ0) is 22.9. The summed E-state index contributed by atoms with van der Waals surface area (Å²) in [6, 6.07) is 13.3. The van der Waals surface area contributed by atoms with Crippen LogP contribution in [-0.4, -0.2) is 29.0 Å². The zero-order valence-electron chi connectivity index (χ0n) is 17.0. The smallest absolute Gasteiger partial charge is 0.410 e. The molecule has 0 fully saturated rings. The van der Waals surface area contributed by atoms with Crippen LogP contribution in [0.4, 0.5) is 19.0 Å². The molecular weight excluding hydrogens is 445 g/mol. The average Bonchev–Trinajstić information content (AvgIpc) is 3.13. The van der Waals surface area contributed by atoms with Gasteiger partial charge >= 0.3 is 6.18 Å². The van der Waals surface area contributed by atoms with Crippen LogP contribution >= 0.6 is 11.6 Å². The summed E-state index contributed by atoms with van der Waals surface area (Å²) in [5, 5.41) is 9.46. The number of hydrogen-bond donors (Lipinski definition) is 2. The van der Waals surface area contributed by atoms with Gasteiger partial charge in [-0.05, 0) is 23.3 Å². The number of nitrogens with one attached hydrogen (secondary N) is 2. The molecule has 0 spiro atoms. The van der Waals surface area contributed by atoms with E-state index in [9.17, 15) is 18.0 Å². The maximum Gasteiger partial charge on any atom is 0.410 e. The fourth-order valence-corrected chi connectivity index (χ4v) is 3.91. The van der Waals surface area contributed by atoms with Crippen LogP contribution in [0.15, 0.2) is 54.6 Å². The highest BCUT2D eigenvalue weighted by molar-refractivity contribution is 6.36. The number of rotatable bonds is 5. The van der Waals surface area contributed by atoms with Crippen LogP contribution in [0, 0.1) is 0 Å². The van der Waals surface area contributed by atoms with E-state index in [1.54, 1.807) is 61.7 Å². The molecule has 10 heteroatoms. The fraction of sp³-hybridized carbons (Fsp3) is 0.273. The third-order valence-electron chi connectivity index (χ3n) is 5.32. The van der Waals surface area contributed by atoms with Crippen molar-refractivity contribution in [1.82, 2.24) is 15.1 Å². The molecular formula is C22H20ClF3N4O2. The Bertz CT molecular complexity index is 1100. The van der Waals surface area contributed by atoms with E-state index in [0.29, 0.717) is 11.3 Å². The third kappa shape index (κ3) is 4.38. The Balaban J connectivity index is 1.59. The number of benzene rings is 2. The lowest BCUT2D eigenvalue weighted by Gasteiger charge is -2.33. The van der Waals surface area contributed by atoms with Crippen LogP contribution in [0.5, 0.6) is 5.75 Å². The number of aromatic nitrogens is 2. The lowest BCUT2D eigenvalue weighted by Crippen LogP contribution is -2.35. The second kappa shape index (κ2) is 8.74. The molecule has 2 heterocycles. The van der Waals surface area contributed by atoms with Crippen molar-refractivity contribution in [3.63, 3.8) is 0 Å². The summed E-state index contributed by atoms with van der Waals surface area (Å²) in [7, 11) is 1.55.